The lowest BCUT2D eigenvalue weighted by atomic mass is 10.0. The van der Waals surface area contributed by atoms with Crippen molar-refractivity contribution in [1.29, 1.82) is 0 Å². The van der Waals surface area contributed by atoms with E-state index < -0.39 is 0 Å². The predicted octanol–water partition coefficient (Wildman–Crippen LogP) is 10.7. The molecule has 0 N–H and O–H groups in total. The van der Waals surface area contributed by atoms with Gasteiger partial charge in [-0.1, -0.05) is 134 Å². The second-order valence-electron chi connectivity index (χ2n) is 10.9. The summed E-state index contributed by atoms with van der Waals surface area (Å²) in [6.45, 7) is 6.41. The van der Waals surface area contributed by atoms with Gasteiger partial charge in [-0.15, -0.1) is 0 Å². The molecular formula is C33H65NO. The summed E-state index contributed by atoms with van der Waals surface area (Å²) in [6, 6.07) is 0.585. The fourth-order valence-corrected chi connectivity index (χ4v) is 4.59. The Labute approximate surface area is 222 Å². The van der Waals surface area contributed by atoms with Gasteiger partial charge in [-0.05, 0) is 59.0 Å². The number of likely N-dealkylation sites (N-methyl/N-ethyl adjacent to an activating group) is 1. The van der Waals surface area contributed by atoms with Crippen molar-refractivity contribution >= 4 is 0 Å². The zero-order valence-corrected chi connectivity index (χ0v) is 24.7. The highest BCUT2D eigenvalue weighted by Crippen LogP contribution is 2.13. The SMILES string of the molecule is CCCCCC=CCC=CCCCCCCCCCC(COCCCCCCCCCC)N(C)C. The smallest absolute Gasteiger partial charge is 0.0621 e. The van der Waals surface area contributed by atoms with Gasteiger partial charge >= 0.3 is 0 Å². The molecule has 0 aromatic carbocycles. The summed E-state index contributed by atoms with van der Waals surface area (Å²) in [5, 5.41) is 0. The van der Waals surface area contributed by atoms with E-state index in [9.17, 15) is 0 Å². The molecule has 208 valence electrons. The molecule has 35 heavy (non-hydrogen) atoms. The van der Waals surface area contributed by atoms with Crippen LogP contribution in [0.25, 0.3) is 0 Å². The highest BCUT2D eigenvalue weighted by molar-refractivity contribution is 4.92. The van der Waals surface area contributed by atoms with Crippen LogP contribution >= 0.6 is 0 Å². The van der Waals surface area contributed by atoms with E-state index in [1.54, 1.807) is 0 Å². The van der Waals surface area contributed by atoms with Crippen molar-refractivity contribution < 1.29 is 4.74 Å². The molecule has 0 bridgehead atoms. The van der Waals surface area contributed by atoms with Crippen molar-refractivity contribution in [2.75, 3.05) is 27.3 Å². The van der Waals surface area contributed by atoms with E-state index in [-0.39, 0.29) is 0 Å². The maximum atomic E-state index is 6.03. The quantitative estimate of drug-likeness (QED) is 0.0797. The van der Waals surface area contributed by atoms with Crippen LogP contribution in [-0.2, 0) is 4.74 Å². The lowest BCUT2D eigenvalue weighted by Gasteiger charge is -2.24. The minimum absolute atomic E-state index is 0.585. The number of hydrogen-bond acceptors (Lipinski definition) is 2. The van der Waals surface area contributed by atoms with Crippen LogP contribution in [0.5, 0.6) is 0 Å². The third-order valence-corrected chi connectivity index (χ3v) is 7.17. The van der Waals surface area contributed by atoms with Crippen LogP contribution in [0.15, 0.2) is 24.3 Å². The van der Waals surface area contributed by atoms with Crippen LogP contribution in [-0.4, -0.2) is 38.3 Å². The van der Waals surface area contributed by atoms with E-state index in [0.717, 1.165) is 19.6 Å². The molecule has 0 aromatic heterocycles. The first kappa shape index (κ1) is 34.4. The molecule has 0 saturated carbocycles. The summed E-state index contributed by atoms with van der Waals surface area (Å²) >= 11 is 0. The molecule has 0 aliphatic carbocycles. The summed E-state index contributed by atoms with van der Waals surface area (Å²) in [7, 11) is 4.42. The molecule has 0 aliphatic heterocycles. The fraction of sp³-hybridized carbons (Fsp3) is 0.879. The van der Waals surface area contributed by atoms with Gasteiger partial charge in [0, 0.05) is 12.6 Å². The second kappa shape index (κ2) is 29.6. The highest BCUT2D eigenvalue weighted by Gasteiger charge is 2.11. The third-order valence-electron chi connectivity index (χ3n) is 7.17. The summed E-state index contributed by atoms with van der Waals surface area (Å²) in [5.74, 6) is 0. The number of unbranched alkanes of at least 4 members (excludes halogenated alkanes) is 17. The first-order valence-electron chi connectivity index (χ1n) is 15.8. The van der Waals surface area contributed by atoms with Gasteiger partial charge in [-0.3, -0.25) is 0 Å². The van der Waals surface area contributed by atoms with Crippen LogP contribution in [0.2, 0.25) is 0 Å². The van der Waals surface area contributed by atoms with Crippen molar-refractivity contribution in [2.24, 2.45) is 0 Å². The molecule has 0 amide bonds. The van der Waals surface area contributed by atoms with E-state index >= 15 is 0 Å². The van der Waals surface area contributed by atoms with Crippen LogP contribution in [0.1, 0.15) is 155 Å². The summed E-state index contributed by atoms with van der Waals surface area (Å²) < 4.78 is 6.03. The lowest BCUT2D eigenvalue weighted by Crippen LogP contribution is -2.32. The highest BCUT2D eigenvalue weighted by atomic mass is 16.5. The van der Waals surface area contributed by atoms with Gasteiger partial charge in [0.05, 0.1) is 6.61 Å². The standard InChI is InChI=1S/C33H65NO/c1-5-7-9-11-13-15-16-17-18-19-20-21-22-23-24-26-28-30-33(34(3)4)32-35-31-29-27-25-14-12-10-8-6-2/h13,15,17-18,33H,5-12,14,16,19-32H2,1-4H3. The van der Waals surface area contributed by atoms with E-state index in [4.69, 9.17) is 4.74 Å². The number of hydrogen-bond donors (Lipinski definition) is 0. The molecule has 0 saturated heterocycles. The minimum atomic E-state index is 0.585. The largest absolute Gasteiger partial charge is 0.380 e. The average molecular weight is 492 g/mol. The number of nitrogens with zero attached hydrogens (tertiary/aromatic N) is 1. The normalized spacial score (nSPS) is 13.1. The van der Waals surface area contributed by atoms with Gasteiger partial charge in [-0.25, -0.2) is 0 Å². The summed E-state index contributed by atoms with van der Waals surface area (Å²) in [5.41, 5.74) is 0. The van der Waals surface area contributed by atoms with Gasteiger partial charge < -0.3 is 9.64 Å². The first-order chi connectivity index (χ1) is 17.2. The maximum Gasteiger partial charge on any atom is 0.0621 e. The number of rotatable bonds is 28. The Hall–Kier alpha value is -0.600. The molecule has 2 nitrogen and oxygen atoms in total. The van der Waals surface area contributed by atoms with Gasteiger partial charge in [0.15, 0.2) is 0 Å². The molecule has 0 heterocycles. The Morgan fingerprint density at radius 3 is 1.57 bits per heavy atom. The molecular weight excluding hydrogens is 426 g/mol. The number of ether oxygens (including phenoxy) is 1. The molecule has 0 aliphatic rings. The van der Waals surface area contributed by atoms with Crippen molar-refractivity contribution in [3.8, 4) is 0 Å². The van der Waals surface area contributed by atoms with Crippen LogP contribution in [0, 0.1) is 0 Å². The fourth-order valence-electron chi connectivity index (χ4n) is 4.59. The van der Waals surface area contributed by atoms with Crippen molar-refractivity contribution in [3.05, 3.63) is 24.3 Å². The van der Waals surface area contributed by atoms with Gasteiger partial charge in [0.2, 0.25) is 0 Å². The molecule has 0 fully saturated rings. The Balaban J connectivity index is 3.47. The molecule has 0 radical (unpaired) electrons. The van der Waals surface area contributed by atoms with Gasteiger partial charge in [-0.2, -0.15) is 0 Å². The summed E-state index contributed by atoms with van der Waals surface area (Å²) in [4.78, 5) is 2.36. The molecule has 1 atom stereocenters. The average Bonchev–Trinajstić information content (AvgIpc) is 2.85. The van der Waals surface area contributed by atoms with Gasteiger partial charge in [0.1, 0.15) is 0 Å². The summed E-state index contributed by atoms with van der Waals surface area (Å²) in [6.07, 6.45) is 39.0. The topological polar surface area (TPSA) is 12.5 Å². The van der Waals surface area contributed by atoms with Crippen molar-refractivity contribution in [3.63, 3.8) is 0 Å². The Morgan fingerprint density at radius 2 is 1.00 bits per heavy atom. The van der Waals surface area contributed by atoms with Gasteiger partial charge in [0.25, 0.3) is 0 Å². The molecule has 1 unspecified atom stereocenters. The monoisotopic (exact) mass is 492 g/mol. The Morgan fingerprint density at radius 1 is 0.543 bits per heavy atom. The van der Waals surface area contributed by atoms with E-state index in [1.807, 2.05) is 0 Å². The second-order valence-corrected chi connectivity index (χ2v) is 10.9. The van der Waals surface area contributed by atoms with Crippen molar-refractivity contribution in [1.82, 2.24) is 4.90 Å². The van der Waals surface area contributed by atoms with Crippen LogP contribution in [0.3, 0.4) is 0 Å². The maximum absolute atomic E-state index is 6.03. The Bertz CT molecular complexity index is 442. The predicted molar refractivity (Wildman–Crippen MR) is 159 cm³/mol. The molecule has 2 heteroatoms. The lowest BCUT2D eigenvalue weighted by molar-refractivity contribution is 0.0721. The third kappa shape index (κ3) is 27.8. The zero-order valence-electron chi connectivity index (χ0n) is 24.7. The van der Waals surface area contributed by atoms with Crippen LogP contribution < -0.4 is 0 Å². The van der Waals surface area contributed by atoms with Crippen LogP contribution in [0.4, 0.5) is 0 Å². The molecule has 0 spiro atoms. The molecule has 0 rings (SSSR count). The van der Waals surface area contributed by atoms with E-state index in [0.29, 0.717) is 6.04 Å². The molecule has 0 aromatic rings. The van der Waals surface area contributed by atoms with E-state index in [2.05, 4.69) is 57.1 Å². The van der Waals surface area contributed by atoms with E-state index in [1.165, 1.54) is 135 Å². The van der Waals surface area contributed by atoms with Crippen molar-refractivity contribution in [2.45, 2.75) is 161 Å². The minimum Gasteiger partial charge on any atom is -0.380 e. The Kier molecular flexibility index (Phi) is 29.1. The zero-order chi connectivity index (χ0) is 25.7. The number of allylic oxidation sites excluding steroid dienone is 4. The first-order valence-corrected chi connectivity index (χ1v) is 15.8.